The van der Waals surface area contributed by atoms with Gasteiger partial charge in [0.05, 0.1) is 0 Å². The molecule has 1 aliphatic rings. The summed E-state index contributed by atoms with van der Waals surface area (Å²) in [4.78, 5) is 2.51. The first-order chi connectivity index (χ1) is 5.88. The monoisotopic (exact) mass is 171 g/mol. The van der Waals surface area contributed by atoms with Crippen LogP contribution in [0.5, 0.6) is 0 Å². The highest BCUT2D eigenvalue weighted by Gasteiger charge is 2.19. The highest BCUT2D eigenvalue weighted by atomic mass is 15.2. The van der Waals surface area contributed by atoms with Crippen molar-refractivity contribution in [2.24, 2.45) is 5.73 Å². The van der Waals surface area contributed by atoms with Crippen molar-refractivity contribution in [2.75, 3.05) is 32.7 Å². The van der Waals surface area contributed by atoms with Crippen LogP contribution in [0.2, 0.25) is 0 Å². The Balaban J connectivity index is 2.31. The summed E-state index contributed by atoms with van der Waals surface area (Å²) >= 11 is 0. The predicted octanol–water partition coefficient (Wildman–Crippen LogP) is 0.0190. The molecule has 12 heavy (non-hydrogen) atoms. The fourth-order valence-electron chi connectivity index (χ4n) is 1.88. The van der Waals surface area contributed by atoms with Crippen molar-refractivity contribution in [1.29, 1.82) is 0 Å². The van der Waals surface area contributed by atoms with Crippen molar-refractivity contribution in [3.8, 4) is 0 Å². The summed E-state index contributed by atoms with van der Waals surface area (Å²) in [5, 5.41) is 3.43. The molecular weight excluding hydrogens is 150 g/mol. The van der Waals surface area contributed by atoms with Gasteiger partial charge in [-0.2, -0.15) is 0 Å². The van der Waals surface area contributed by atoms with Crippen molar-refractivity contribution in [2.45, 2.75) is 25.8 Å². The number of rotatable bonds is 4. The molecule has 0 amide bonds. The smallest absolute Gasteiger partial charge is 0.0221 e. The number of piperazine rings is 1. The molecule has 1 fully saturated rings. The van der Waals surface area contributed by atoms with E-state index in [2.05, 4.69) is 17.1 Å². The molecule has 3 N–H and O–H groups in total. The van der Waals surface area contributed by atoms with E-state index in [1.54, 1.807) is 0 Å². The minimum absolute atomic E-state index is 0.729. The van der Waals surface area contributed by atoms with Gasteiger partial charge in [-0.25, -0.2) is 0 Å². The van der Waals surface area contributed by atoms with Crippen LogP contribution in [0.1, 0.15) is 19.8 Å². The minimum atomic E-state index is 0.729. The molecule has 72 valence electrons. The van der Waals surface area contributed by atoms with Gasteiger partial charge in [0.15, 0.2) is 0 Å². The van der Waals surface area contributed by atoms with Gasteiger partial charge in [0, 0.05) is 38.8 Å². The lowest BCUT2D eigenvalue weighted by molar-refractivity contribution is 0.157. The standard InChI is InChI=1S/C9H21N3/c1-2-3-9-8-11-5-7-12(9)6-4-10/h9,11H,2-8,10H2,1H3. The van der Waals surface area contributed by atoms with Crippen LogP contribution in [0.25, 0.3) is 0 Å². The molecule has 0 bridgehead atoms. The molecule has 0 spiro atoms. The van der Waals surface area contributed by atoms with Crippen LogP contribution in [-0.2, 0) is 0 Å². The number of nitrogens with one attached hydrogen (secondary N) is 1. The molecule has 0 saturated carbocycles. The Bertz CT molecular complexity index is 98.3. The Labute approximate surface area is 75.3 Å². The van der Waals surface area contributed by atoms with Crippen LogP contribution < -0.4 is 11.1 Å². The summed E-state index contributed by atoms with van der Waals surface area (Å²) in [5.41, 5.74) is 5.56. The Morgan fingerprint density at radius 3 is 3.08 bits per heavy atom. The largest absolute Gasteiger partial charge is 0.329 e. The molecule has 0 aliphatic carbocycles. The third kappa shape index (κ3) is 2.73. The molecule has 1 saturated heterocycles. The molecule has 1 unspecified atom stereocenters. The maximum absolute atomic E-state index is 5.56. The SMILES string of the molecule is CCCC1CNCCN1CCN. The Morgan fingerprint density at radius 2 is 2.42 bits per heavy atom. The van der Waals surface area contributed by atoms with Gasteiger partial charge < -0.3 is 11.1 Å². The van der Waals surface area contributed by atoms with Crippen molar-refractivity contribution in [1.82, 2.24) is 10.2 Å². The van der Waals surface area contributed by atoms with Gasteiger partial charge in [-0.3, -0.25) is 4.90 Å². The number of hydrogen-bond acceptors (Lipinski definition) is 3. The molecule has 0 aromatic heterocycles. The summed E-state index contributed by atoms with van der Waals surface area (Å²) in [7, 11) is 0. The zero-order valence-corrected chi connectivity index (χ0v) is 8.05. The molecule has 1 rings (SSSR count). The van der Waals surface area contributed by atoms with Crippen LogP contribution in [-0.4, -0.2) is 43.7 Å². The lowest BCUT2D eigenvalue weighted by Crippen LogP contribution is -2.52. The fourth-order valence-corrected chi connectivity index (χ4v) is 1.88. The normalized spacial score (nSPS) is 26.0. The molecule has 3 heteroatoms. The summed E-state index contributed by atoms with van der Waals surface area (Å²) < 4.78 is 0. The number of nitrogens with zero attached hydrogens (tertiary/aromatic N) is 1. The average molecular weight is 171 g/mol. The van der Waals surface area contributed by atoms with E-state index < -0.39 is 0 Å². The van der Waals surface area contributed by atoms with Gasteiger partial charge in [-0.15, -0.1) is 0 Å². The summed E-state index contributed by atoms with van der Waals surface area (Å²) in [5.74, 6) is 0. The third-order valence-electron chi connectivity index (χ3n) is 2.51. The van der Waals surface area contributed by atoms with E-state index in [0.717, 1.165) is 32.2 Å². The Kier molecular flexibility index (Phi) is 4.58. The van der Waals surface area contributed by atoms with Crippen LogP contribution in [0.3, 0.4) is 0 Å². The second-order valence-electron chi connectivity index (χ2n) is 3.47. The summed E-state index contributed by atoms with van der Waals surface area (Å²) in [6.45, 7) is 7.54. The quantitative estimate of drug-likeness (QED) is 0.626. The van der Waals surface area contributed by atoms with Crippen molar-refractivity contribution in [3.63, 3.8) is 0 Å². The molecule has 3 nitrogen and oxygen atoms in total. The summed E-state index contributed by atoms with van der Waals surface area (Å²) in [6.07, 6.45) is 2.57. The van der Waals surface area contributed by atoms with E-state index >= 15 is 0 Å². The molecule has 0 aromatic carbocycles. The minimum Gasteiger partial charge on any atom is -0.329 e. The maximum atomic E-state index is 5.56. The first-order valence-electron chi connectivity index (χ1n) is 5.03. The van der Waals surface area contributed by atoms with Gasteiger partial charge in [-0.05, 0) is 6.42 Å². The van der Waals surface area contributed by atoms with Gasteiger partial charge in [0.25, 0.3) is 0 Å². The second kappa shape index (κ2) is 5.51. The molecule has 1 heterocycles. The van der Waals surface area contributed by atoms with Crippen molar-refractivity contribution >= 4 is 0 Å². The molecule has 0 aromatic rings. The van der Waals surface area contributed by atoms with E-state index in [1.165, 1.54) is 19.4 Å². The second-order valence-corrected chi connectivity index (χ2v) is 3.47. The highest BCUT2D eigenvalue weighted by molar-refractivity contribution is 4.79. The van der Waals surface area contributed by atoms with Gasteiger partial charge >= 0.3 is 0 Å². The van der Waals surface area contributed by atoms with Gasteiger partial charge in [0.1, 0.15) is 0 Å². The zero-order valence-electron chi connectivity index (χ0n) is 8.05. The van der Waals surface area contributed by atoms with E-state index in [4.69, 9.17) is 5.73 Å². The zero-order chi connectivity index (χ0) is 8.81. The number of nitrogens with two attached hydrogens (primary N) is 1. The van der Waals surface area contributed by atoms with E-state index in [-0.39, 0.29) is 0 Å². The van der Waals surface area contributed by atoms with Crippen molar-refractivity contribution < 1.29 is 0 Å². The molecule has 1 aliphatic heterocycles. The molecular formula is C9H21N3. The van der Waals surface area contributed by atoms with E-state index in [1.807, 2.05) is 0 Å². The number of hydrogen-bond donors (Lipinski definition) is 2. The lowest BCUT2D eigenvalue weighted by Gasteiger charge is -2.35. The average Bonchev–Trinajstić information content (AvgIpc) is 2.09. The highest BCUT2D eigenvalue weighted by Crippen LogP contribution is 2.08. The molecule has 1 atom stereocenters. The Morgan fingerprint density at radius 1 is 1.58 bits per heavy atom. The first-order valence-corrected chi connectivity index (χ1v) is 5.03. The first kappa shape index (κ1) is 9.96. The van der Waals surface area contributed by atoms with Crippen LogP contribution in [0, 0.1) is 0 Å². The third-order valence-corrected chi connectivity index (χ3v) is 2.51. The molecule has 0 radical (unpaired) electrons. The van der Waals surface area contributed by atoms with E-state index in [9.17, 15) is 0 Å². The van der Waals surface area contributed by atoms with E-state index in [0.29, 0.717) is 0 Å². The predicted molar refractivity (Wildman–Crippen MR) is 52.2 cm³/mol. The Hall–Kier alpha value is -0.120. The van der Waals surface area contributed by atoms with Crippen LogP contribution >= 0.6 is 0 Å². The fraction of sp³-hybridized carbons (Fsp3) is 1.00. The van der Waals surface area contributed by atoms with Gasteiger partial charge in [-0.1, -0.05) is 13.3 Å². The van der Waals surface area contributed by atoms with Crippen LogP contribution in [0.15, 0.2) is 0 Å². The lowest BCUT2D eigenvalue weighted by atomic mass is 10.1. The maximum Gasteiger partial charge on any atom is 0.0221 e. The van der Waals surface area contributed by atoms with Crippen LogP contribution in [0.4, 0.5) is 0 Å². The summed E-state index contributed by atoms with van der Waals surface area (Å²) in [6, 6.07) is 0.729. The van der Waals surface area contributed by atoms with Crippen molar-refractivity contribution in [3.05, 3.63) is 0 Å². The van der Waals surface area contributed by atoms with Gasteiger partial charge in [0.2, 0.25) is 0 Å². The topological polar surface area (TPSA) is 41.3 Å².